The van der Waals surface area contributed by atoms with Crippen LogP contribution in [0.4, 0.5) is 0 Å². The van der Waals surface area contributed by atoms with Crippen molar-refractivity contribution in [2.75, 3.05) is 0 Å². The molecule has 0 bridgehead atoms. The number of Topliss-reactive ketones (excluding diaryl/α,β-unsaturated/α-hetero) is 1. The Labute approximate surface area is 157 Å². The number of hydrogen-bond donors (Lipinski definition) is 2. The van der Waals surface area contributed by atoms with Crippen LogP contribution in [0.3, 0.4) is 0 Å². The van der Waals surface area contributed by atoms with Crippen LogP contribution < -0.4 is 51.4 Å². The molecule has 0 radical (unpaired) electrons. The maximum atomic E-state index is 12.0. The van der Waals surface area contributed by atoms with Gasteiger partial charge in [-0.25, -0.2) is 0 Å². The van der Waals surface area contributed by atoms with Crippen molar-refractivity contribution in [2.24, 2.45) is 5.41 Å². The van der Waals surface area contributed by atoms with Gasteiger partial charge in [-0.1, -0.05) is 37.3 Å². The van der Waals surface area contributed by atoms with Crippen molar-refractivity contribution >= 4 is 17.5 Å². The first-order valence-electron chi connectivity index (χ1n) is 5.70. The number of aliphatic carboxylic acids is 1. The third-order valence-corrected chi connectivity index (χ3v) is 3.08. The second-order valence-corrected chi connectivity index (χ2v) is 4.81. The fourth-order valence-corrected chi connectivity index (χ4v) is 1.54. The molecule has 98 valence electrons. The van der Waals surface area contributed by atoms with Crippen molar-refractivity contribution in [1.29, 1.82) is 5.41 Å². The quantitative estimate of drug-likeness (QED) is 0.440. The first-order valence-corrected chi connectivity index (χ1v) is 5.70. The van der Waals surface area contributed by atoms with Crippen LogP contribution >= 0.6 is 0 Å². The molecule has 0 unspecified atom stereocenters. The van der Waals surface area contributed by atoms with Crippen molar-refractivity contribution in [1.82, 2.24) is 0 Å². The molecule has 0 saturated heterocycles. The van der Waals surface area contributed by atoms with Gasteiger partial charge < -0.3 is 11.9 Å². The number of carboxylic acid groups (broad SMARTS) is 1. The first kappa shape index (κ1) is 18.7. The number of carbonyl (C=O) groups excluding carboxylic acids is 1. The minimum absolute atomic E-state index is 0. The molecule has 19 heavy (non-hydrogen) atoms. The van der Waals surface area contributed by atoms with Gasteiger partial charge in [-0.05, 0) is 19.4 Å². The molecule has 0 aliphatic heterocycles. The van der Waals surface area contributed by atoms with Crippen molar-refractivity contribution in [2.45, 2.75) is 26.7 Å². The predicted octanol–water partition coefficient (Wildman–Crippen LogP) is -0.394. The Kier molecular flexibility index (Phi) is 7.32. The maximum Gasteiger partial charge on any atom is 1.00 e. The van der Waals surface area contributed by atoms with E-state index in [9.17, 15) is 9.59 Å². The molecule has 0 aliphatic carbocycles. The number of benzene rings is 1. The van der Waals surface area contributed by atoms with E-state index in [4.69, 9.17) is 10.5 Å². The van der Waals surface area contributed by atoms with Crippen LogP contribution in [0, 0.1) is 10.8 Å². The summed E-state index contributed by atoms with van der Waals surface area (Å²) in [7, 11) is 0. The van der Waals surface area contributed by atoms with Crippen LogP contribution in [0.25, 0.3) is 0 Å². The Hall–Kier alpha value is -0.334. The van der Waals surface area contributed by atoms with Gasteiger partial charge in [0.2, 0.25) is 0 Å². The maximum absolute atomic E-state index is 12.0. The molecule has 1 aromatic rings. The summed E-state index contributed by atoms with van der Waals surface area (Å²) in [6.07, 6.45) is 0. The largest absolute Gasteiger partial charge is 1.00 e. The van der Waals surface area contributed by atoms with Gasteiger partial charge in [0.05, 0.1) is 5.71 Å². The summed E-state index contributed by atoms with van der Waals surface area (Å²) in [5, 5.41) is 16.9. The van der Waals surface area contributed by atoms with E-state index in [1.807, 2.05) is 30.3 Å². The van der Waals surface area contributed by atoms with Gasteiger partial charge in [-0.15, -0.1) is 0 Å². The number of rotatable bonds is 5. The molecule has 0 aromatic heterocycles. The van der Waals surface area contributed by atoms with E-state index in [-0.39, 0.29) is 58.5 Å². The topological polar surface area (TPSA) is 78.2 Å². The third kappa shape index (κ3) is 4.32. The summed E-state index contributed by atoms with van der Waals surface area (Å²) in [4.78, 5) is 23.0. The summed E-state index contributed by atoms with van der Waals surface area (Å²) in [5.74, 6) is -2.26. The Bertz CT molecular complexity index is 488. The molecule has 5 heteroatoms. The summed E-state index contributed by atoms with van der Waals surface area (Å²) in [6, 6.07) is 9.14. The van der Waals surface area contributed by atoms with Gasteiger partial charge in [-0.2, -0.15) is 0 Å². The standard InChI is InChI=1S/C14H17NO3.K.H/c1-9(10-7-5-4-6-8-10)11(15)12(16)14(2,3)13(17)18;;/h4-9,15H,1-3H3,(H,17,18);;/q;+1;-1/t9-;;/m0../s1. The second kappa shape index (κ2) is 7.45. The van der Waals surface area contributed by atoms with Gasteiger partial charge in [0.15, 0.2) is 5.78 Å². The van der Waals surface area contributed by atoms with E-state index < -0.39 is 23.1 Å². The van der Waals surface area contributed by atoms with E-state index in [1.54, 1.807) is 6.92 Å². The molecule has 1 rings (SSSR count). The predicted molar refractivity (Wildman–Crippen MR) is 70.1 cm³/mol. The third-order valence-electron chi connectivity index (χ3n) is 3.08. The summed E-state index contributed by atoms with van der Waals surface area (Å²) in [6.45, 7) is 4.38. The molecule has 0 heterocycles. The summed E-state index contributed by atoms with van der Waals surface area (Å²) >= 11 is 0. The molecule has 0 spiro atoms. The van der Waals surface area contributed by atoms with Crippen molar-refractivity contribution in [3.63, 3.8) is 0 Å². The number of carboxylic acids is 1. The molecule has 0 amide bonds. The Balaban J connectivity index is 0. The fourth-order valence-electron chi connectivity index (χ4n) is 1.54. The van der Waals surface area contributed by atoms with Gasteiger partial charge >= 0.3 is 57.4 Å². The van der Waals surface area contributed by atoms with Crippen LogP contribution in [0.2, 0.25) is 0 Å². The zero-order valence-corrected chi connectivity index (χ0v) is 14.9. The van der Waals surface area contributed by atoms with Crippen molar-refractivity contribution in [3.05, 3.63) is 35.9 Å². The summed E-state index contributed by atoms with van der Waals surface area (Å²) in [5.41, 5.74) is -0.897. The smallest absolute Gasteiger partial charge is 1.00 e. The fraction of sp³-hybridized carbons (Fsp3) is 0.357. The van der Waals surface area contributed by atoms with Gasteiger partial charge in [0.25, 0.3) is 0 Å². The molecule has 1 atom stereocenters. The summed E-state index contributed by atoms with van der Waals surface area (Å²) < 4.78 is 0. The molecular formula is C14H18KNO3. The zero-order chi connectivity index (χ0) is 13.9. The minimum atomic E-state index is -1.56. The van der Waals surface area contributed by atoms with Crippen molar-refractivity contribution in [3.8, 4) is 0 Å². The number of hydrogen-bond acceptors (Lipinski definition) is 3. The van der Waals surface area contributed by atoms with E-state index in [1.165, 1.54) is 13.8 Å². The van der Waals surface area contributed by atoms with Crippen LogP contribution in [0.15, 0.2) is 30.3 Å². The SMILES string of the molecule is C[C@H](C(=N)C(=O)C(C)(C)C(=O)O)c1ccccc1.[H-].[K+]. The van der Waals surface area contributed by atoms with Gasteiger partial charge in [0, 0.05) is 5.92 Å². The first-order chi connectivity index (χ1) is 8.28. The number of ketones is 1. The molecule has 0 fully saturated rings. The van der Waals surface area contributed by atoms with Crippen molar-refractivity contribution < 1.29 is 67.5 Å². The molecule has 4 nitrogen and oxygen atoms in total. The van der Waals surface area contributed by atoms with Gasteiger partial charge in [-0.3, -0.25) is 9.59 Å². The van der Waals surface area contributed by atoms with Crippen LogP contribution in [0.5, 0.6) is 0 Å². The average Bonchev–Trinajstić information content (AvgIpc) is 2.36. The van der Waals surface area contributed by atoms with Gasteiger partial charge in [0.1, 0.15) is 5.41 Å². The van der Waals surface area contributed by atoms with Crippen LogP contribution in [0.1, 0.15) is 33.7 Å². The number of carbonyl (C=O) groups is 2. The average molecular weight is 287 g/mol. The molecular weight excluding hydrogens is 269 g/mol. The molecule has 1 aromatic carbocycles. The molecule has 0 saturated carbocycles. The van der Waals surface area contributed by atoms with E-state index >= 15 is 0 Å². The van der Waals surface area contributed by atoms with Crippen LogP contribution in [-0.2, 0) is 9.59 Å². The van der Waals surface area contributed by atoms with E-state index in [0.29, 0.717) is 0 Å². The van der Waals surface area contributed by atoms with E-state index in [2.05, 4.69) is 0 Å². The Morgan fingerprint density at radius 1 is 1.26 bits per heavy atom. The zero-order valence-electron chi connectivity index (χ0n) is 12.7. The normalized spacial score (nSPS) is 12.2. The van der Waals surface area contributed by atoms with Crippen LogP contribution in [-0.4, -0.2) is 22.6 Å². The Morgan fingerprint density at radius 3 is 2.16 bits per heavy atom. The second-order valence-electron chi connectivity index (χ2n) is 4.81. The Morgan fingerprint density at radius 2 is 1.74 bits per heavy atom. The monoisotopic (exact) mass is 287 g/mol. The molecule has 2 N–H and O–H groups in total. The minimum Gasteiger partial charge on any atom is -1.00 e. The number of nitrogens with one attached hydrogen (secondary N) is 1. The molecule has 0 aliphatic rings. The van der Waals surface area contributed by atoms with E-state index in [0.717, 1.165) is 5.56 Å².